The highest BCUT2D eigenvalue weighted by atomic mass is 16.5. The minimum Gasteiger partial charge on any atom is -0.379 e. The monoisotopic (exact) mass is 259 g/mol. The molecule has 1 unspecified atom stereocenters. The highest BCUT2D eigenvalue weighted by molar-refractivity contribution is 4.53. The molecule has 0 aromatic heterocycles. The molecular formula is C15H33NO2. The Morgan fingerprint density at radius 1 is 0.944 bits per heavy atom. The Morgan fingerprint density at radius 3 is 2.22 bits per heavy atom. The third-order valence-corrected chi connectivity index (χ3v) is 3.06. The molecule has 0 spiro atoms. The minimum atomic E-state index is 0.715. The summed E-state index contributed by atoms with van der Waals surface area (Å²) in [6.07, 6.45) is 3.65. The lowest BCUT2D eigenvalue weighted by molar-refractivity contribution is 0.0466. The van der Waals surface area contributed by atoms with Crippen LogP contribution in [0.3, 0.4) is 0 Å². The Morgan fingerprint density at radius 2 is 1.61 bits per heavy atom. The van der Waals surface area contributed by atoms with Crippen molar-refractivity contribution in [1.29, 1.82) is 0 Å². The molecule has 0 aliphatic rings. The highest BCUT2D eigenvalue weighted by Gasteiger charge is 1.97. The Bertz CT molecular complexity index is 163. The molecule has 0 amide bonds. The zero-order valence-electron chi connectivity index (χ0n) is 12.8. The second-order valence-corrected chi connectivity index (χ2v) is 5.48. The van der Waals surface area contributed by atoms with Crippen molar-refractivity contribution < 1.29 is 9.47 Å². The molecule has 0 rings (SSSR count). The fourth-order valence-corrected chi connectivity index (χ4v) is 1.55. The first kappa shape index (κ1) is 17.9. The molecule has 3 nitrogen and oxygen atoms in total. The molecular weight excluding hydrogens is 226 g/mol. The average molecular weight is 259 g/mol. The van der Waals surface area contributed by atoms with E-state index in [0.717, 1.165) is 51.2 Å². The van der Waals surface area contributed by atoms with Gasteiger partial charge in [0, 0.05) is 13.2 Å². The van der Waals surface area contributed by atoms with Crippen molar-refractivity contribution in [3.05, 3.63) is 0 Å². The maximum atomic E-state index is 5.50. The van der Waals surface area contributed by atoms with Gasteiger partial charge in [0.1, 0.15) is 0 Å². The Hall–Kier alpha value is -0.120. The molecule has 3 heteroatoms. The summed E-state index contributed by atoms with van der Waals surface area (Å²) in [7, 11) is 0. The molecule has 0 aromatic carbocycles. The summed E-state index contributed by atoms with van der Waals surface area (Å²) in [5.74, 6) is 1.54. The molecule has 0 fully saturated rings. The third kappa shape index (κ3) is 13.9. The first-order valence-corrected chi connectivity index (χ1v) is 7.53. The van der Waals surface area contributed by atoms with Crippen LogP contribution in [0.15, 0.2) is 0 Å². The summed E-state index contributed by atoms with van der Waals surface area (Å²) in [4.78, 5) is 0. The fraction of sp³-hybridized carbons (Fsp3) is 1.00. The van der Waals surface area contributed by atoms with Crippen LogP contribution in [-0.4, -0.2) is 39.5 Å². The summed E-state index contributed by atoms with van der Waals surface area (Å²) < 4.78 is 11.0. The van der Waals surface area contributed by atoms with Gasteiger partial charge in [-0.15, -0.1) is 0 Å². The van der Waals surface area contributed by atoms with Gasteiger partial charge in [0.15, 0.2) is 0 Å². The summed E-state index contributed by atoms with van der Waals surface area (Å²) in [5, 5.41) is 3.39. The lowest BCUT2D eigenvalue weighted by Gasteiger charge is -2.10. The molecule has 0 radical (unpaired) electrons. The van der Waals surface area contributed by atoms with Crippen LogP contribution in [-0.2, 0) is 9.47 Å². The van der Waals surface area contributed by atoms with Gasteiger partial charge in [-0.25, -0.2) is 0 Å². The second-order valence-electron chi connectivity index (χ2n) is 5.48. The van der Waals surface area contributed by atoms with E-state index in [-0.39, 0.29) is 0 Å². The van der Waals surface area contributed by atoms with E-state index in [9.17, 15) is 0 Å². The molecule has 0 heterocycles. The van der Waals surface area contributed by atoms with Gasteiger partial charge in [0.2, 0.25) is 0 Å². The Balaban J connectivity index is 2.99. The van der Waals surface area contributed by atoms with E-state index >= 15 is 0 Å². The van der Waals surface area contributed by atoms with Crippen LogP contribution in [0.4, 0.5) is 0 Å². The van der Waals surface area contributed by atoms with E-state index in [4.69, 9.17) is 9.47 Å². The second kappa shape index (κ2) is 13.3. The van der Waals surface area contributed by atoms with Gasteiger partial charge in [0.25, 0.3) is 0 Å². The van der Waals surface area contributed by atoms with Gasteiger partial charge in [-0.2, -0.15) is 0 Å². The molecule has 1 N–H and O–H groups in total. The third-order valence-electron chi connectivity index (χ3n) is 3.06. The van der Waals surface area contributed by atoms with Crippen LogP contribution in [0.25, 0.3) is 0 Å². The molecule has 0 saturated heterocycles. The number of hydrogen-bond donors (Lipinski definition) is 1. The van der Waals surface area contributed by atoms with Crippen LogP contribution in [0.1, 0.15) is 47.0 Å². The van der Waals surface area contributed by atoms with Gasteiger partial charge in [-0.1, -0.05) is 34.1 Å². The van der Waals surface area contributed by atoms with Crippen molar-refractivity contribution in [3.8, 4) is 0 Å². The number of ether oxygens (including phenoxy) is 2. The van der Waals surface area contributed by atoms with E-state index in [2.05, 4.69) is 33.0 Å². The average Bonchev–Trinajstić information content (AvgIpc) is 2.35. The smallest absolute Gasteiger partial charge is 0.0701 e. The number of nitrogens with one attached hydrogen (secondary N) is 1. The van der Waals surface area contributed by atoms with Crippen molar-refractivity contribution >= 4 is 0 Å². The van der Waals surface area contributed by atoms with Gasteiger partial charge in [-0.3, -0.25) is 0 Å². The Kier molecular flexibility index (Phi) is 13.2. The van der Waals surface area contributed by atoms with Gasteiger partial charge in [0.05, 0.1) is 19.8 Å². The van der Waals surface area contributed by atoms with Crippen LogP contribution >= 0.6 is 0 Å². The SMILES string of the molecule is CCC(C)CNCCOCCOCCCC(C)C. The van der Waals surface area contributed by atoms with Crippen molar-refractivity contribution in [2.75, 3.05) is 39.5 Å². The van der Waals surface area contributed by atoms with Crippen molar-refractivity contribution in [2.45, 2.75) is 47.0 Å². The van der Waals surface area contributed by atoms with Crippen LogP contribution in [0.2, 0.25) is 0 Å². The lowest BCUT2D eigenvalue weighted by Crippen LogP contribution is -2.25. The van der Waals surface area contributed by atoms with Crippen molar-refractivity contribution in [3.63, 3.8) is 0 Å². The maximum Gasteiger partial charge on any atom is 0.0701 e. The molecule has 110 valence electrons. The zero-order valence-corrected chi connectivity index (χ0v) is 12.8. The van der Waals surface area contributed by atoms with Gasteiger partial charge in [-0.05, 0) is 31.2 Å². The summed E-state index contributed by atoms with van der Waals surface area (Å²) >= 11 is 0. The molecule has 0 bridgehead atoms. The minimum absolute atomic E-state index is 0.715. The fourth-order valence-electron chi connectivity index (χ4n) is 1.55. The van der Waals surface area contributed by atoms with Gasteiger partial charge >= 0.3 is 0 Å². The van der Waals surface area contributed by atoms with Crippen molar-refractivity contribution in [1.82, 2.24) is 5.32 Å². The predicted octanol–water partition coefficient (Wildman–Crippen LogP) is 3.09. The molecule has 0 aliphatic carbocycles. The largest absolute Gasteiger partial charge is 0.379 e. The van der Waals surface area contributed by atoms with E-state index in [1.807, 2.05) is 0 Å². The zero-order chi connectivity index (χ0) is 13.6. The molecule has 0 saturated carbocycles. The summed E-state index contributed by atoms with van der Waals surface area (Å²) in [5.41, 5.74) is 0. The van der Waals surface area contributed by atoms with Crippen molar-refractivity contribution in [2.24, 2.45) is 11.8 Å². The first-order valence-electron chi connectivity index (χ1n) is 7.53. The van der Waals surface area contributed by atoms with Gasteiger partial charge < -0.3 is 14.8 Å². The Labute approximate surface area is 114 Å². The summed E-state index contributed by atoms with van der Waals surface area (Å²) in [6, 6.07) is 0. The highest BCUT2D eigenvalue weighted by Crippen LogP contribution is 2.02. The topological polar surface area (TPSA) is 30.5 Å². The predicted molar refractivity (Wildman–Crippen MR) is 78.0 cm³/mol. The van der Waals surface area contributed by atoms with E-state index < -0.39 is 0 Å². The van der Waals surface area contributed by atoms with Crippen LogP contribution in [0.5, 0.6) is 0 Å². The number of hydrogen-bond acceptors (Lipinski definition) is 3. The first-order chi connectivity index (χ1) is 8.66. The molecule has 0 aliphatic heterocycles. The van der Waals surface area contributed by atoms with E-state index in [1.54, 1.807) is 0 Å². The molecule has 1 atom stereocenters. The molecule has 0 aromatic rings. The standard InChI is InChI=1S/C15H33NO2/c1-5-15(4)13-16-8-10-18-12-11-17-9-6-7-14(2)3/h14-16H,5-13H2,1-4H3. The summed E-state index contributed by atoms with van der Waals surface area (Å²) in [6.45, 7) is 14.1. The number of rotatable bonds is 13. The van der Waals surface area contributed by atoms with Crippen LogP contribution < -0.4 is 5.32 Å². The quantitative estimate of drug-likeness (QED) is 0.516. The van der Waals surface area contributed by atoms with Crippen LogP contribution in [0, 0.1) is 11.8 Å². The van der Waals surface area contributed by atoms with E-state index in [1.165, 1.54) is 12.8 Å². The lowest BCUT2D eigenvalue weighted by atomic mass is 10.1. The molecule has 18 heavy (non-hydrogen) atoms. The normalized spacial score (nSPS) is 13.2. The van der Waals surface area contributed by atoms with E-state index in [0.29, 0.717) is 6.61 Å². The maximum absolute atomic E-state index is 5.50.